The van der Waals surface area contributed by atoms with E-state index in [1.807, 2.05) is 0 Å². The summed E-state index contributed by atoms with van der Waals surface area (Å²) < 4.78 is 0. The Morgan fingerprint density at radius 1 is 1.00 bits per heavy atom. The van der Waals surface area contributed by atoms with Gasteiger partial charge in [0.25, 0.3) is 0 Å². The van der Waals surface area contributed by atoms with Crippen molar-refractivity contribution in [3.05, 3.63) is 0 Å². The minimum atomic E-state index is -0.00204. The van der Waals surface area contributed by atoms with E-state index >= 15 is 0 Å². The van der Waals surface area contributed by atoms with Crippen LogP contribution >= 0.6 is 0 Å². The van der Waals surface area contributed by atoms with Gasteiger partial charge in [-0.05, 0) is 55.3 Å². The highest BCUT2D eigenvalue weighted by molar-refractivity contribution is 4.91. The Balaban J connectivity index is 2.10. The van der Waals surface area contributed by atoms with Crippen LogP contribution in [-0.4, -0.2) is 11.2 Å². The molecule has 0 heterocycles. The molecule has 0 unspecified atom stereocenters. The Morgan fingerprint density at radius 2 is 1.73 bits per heavy atom. The summed E-state index contributed by atoms with van der Waals surface area (Å²) in [7, 11) is 0. The van der Waals surface area contributed by atoms with Crippen LogP contribution in [0.5, 0.6) is 0 Å². The minimum absolute atomic E-state index is 0.00204. The summed E-state index contributed by atoms with van der Waals surface area (Å²) in [5.74, 6) is 4.31. The van der Waals surface area contributed by atoms with Gasteiger partial charge in [0, 0.05) is 0 Å². The van der Waals surface area contributed by atoms with E-state index in [-0.39, 0.29) is 6.10 Å². The Labute approximate surface area is 94.3 Å². The van der Waals surface area contributed by atoms with Crippen LogP contribution in [0.25, 0.3) is 0 Å². The quantitative estimate of drug-likeness (QED) is 0.702. The first-order valence-electron chi connectivity index (χ1n) is 6.77. The second kappa shape index (κ2) is 4.45. The monoisotopic (exact) mass is 210 g/mol. The predicted molar refractivity (Wildman–Crippen MR) is 63.6 cm³/mol. The highest BCUT2D eigenvalue weighted by Gasteiger charge is 2.41. The van der Waals surface area contributed by atoms with Gasteiger partial charge in [0.1, 0.15) is 0 Å². The van der Waals surface area contributed by atoms with Crippen molar-refractivity contribution in [3.63, 3.8) is 0 Å². The Hall–Kier alpha value is -0.0400. The molecule has 0 spiro atoms. The molecule has 1 nitrogen and oxygen atoms in total. The van der Waals surface area contributed by atoms with Crippen LogP contribution in [0.4, 0.5) is 0 Å². The van der Waals surface area contributed by atoms with Gasteiger partial charge in [-0.15, -0.1) is 0 Å². The SMILES string of the molecule is CC(C)[C@H]1CC[C@H](C)[C@H]2CC[C@@H](O)C[C@H]21. The normalized spacial score (nSPS) is 46.6. The lowest BCUT2D eigenvalue weighted by atomic mass is 9.59. The van der Waals surface area contributed by atoms with Gasteiger partial charge < -0.3 is 5.11 Å². The molecule has 0 aliphatic heterocycles. The summed E-state index contributed by atoms with van der Waals surface area (Å²) in [4.78, 5) is 0. The molecule has 15 heavy (non-hydrogen) atoms. The molecule has 0 aromatic heterocycles. The first-order valence-corrected chi connectivity index (χ1v) is 6.77. The van der Waals surface area contributed by atoms with Gasteiger partial charge in [-0.1, -0.05) is 27.2 Å². The van der Waals surface area contributed by atoms with Gasteiger partial charge in [0.15, 0.2) is 0 Å². The van der Waals surface area contributed by atoms with Crippen LogP contribution < -0.4 is 0 Å². The van der Waals surface area contributed by atoms with Crippen molar-refractivity contribution >= 4 is 0 Å². The summed E-state index contributed by atoms with van der Waals surface area (Å²) in [6, 6.07) is 0. The van der Waals surface area contributed by atoms with Gasteiger partial charge in [0.05, 0.1) is 6.10 Å². The van der Waals surface area contributed by atoms with E-state index in [4.69, 9.17) is 0 Å². The maximum atomic E-state index is 9.83. The van der Waals surface area contributed by atoms with Crippen molar-refractivity contribution in [1.29, 1.82) is 0 Å². The standard InChI is InChI=1S/C14H26O/c1-9(2)12-6-4-10(3)13-7-5-11(15)8-14(12)13/h9-15H,4-8H2,1-3H3/t10-,11+,12+,13+,14-/m0/s1. The second-order valence-corrected chi connectivity index (χ2v) is 6.26. The molecular weight excluding hydrogens is 184 g/mol. The third-order valence-corrected chi connectivity index (χ3v) is 5.02. The fourth-order valence-corrected chi connectivity index (χ4v) is 4.12. The average molecular weight is 210 g/mol. The fraction of sp³-hybridized carbons (Fsp3) is 1.00. The Kier molecular flexibility index (Phi) is 3.39. The highest BCUT2D eigenvalue weighted by atomic mass is 16.3. The zero-order chi connectivity index (χ0) is 11.0. The summed E-state index contributed by atoms with van der Waals surface area (Å²) in [5, 5.41) is 9.83. The lowest BCUT2D eigenvalue weighted by Gasteiger charge is -2.47. The summed E-state index contributed by atoms with van der Waals surface area (Å²) in [5.41, 5.74) is 0. The molecule has 2 aliphatic carbocycles. The van der Waals surface area contributed by atoms with Crippen LogP contribution in [0.2, 0.25) is 0 Å². The molecule has 0 aromatic rings. The molecule has 0 bridgehead atoms. The number of fused-ring (bicyclic) bond motifs is 1. The summed E-state index contributed by atoms with van der Waals surface area (Å²) in [6.07, 6.45) is 6.22. The van der Waals surface area contributed by atoms with Crippen molar-refractivity contribution in [3.8, 4) is 0 Å². The molecule has 2 rings (SSSR count). The van der Waals surface area contributed by atoms with E-state index in [2.05, 4.69) is 20.8 Å². The molecule has 88 valence electrons. The first-order chi connectivity index (χ1) is 7.09. The minimum Gasteiger partial charge on any atom is -0.393 e. The summed E-state index contributed by atoms with van der Waals surface area (Å²) >= 11 is 0. The number of rotatable bonds is 1. The van der Waals surface area contributed by atoms with Gasteiger partial charge in [-0.3, -0.25) is 0 Å². The number of hydrogen-bond donors (Lipinski definition) is 1. The molecule has 1 heteroatoms. The van der Waals surface area contributed by atoms with Gasteiger partial charge in [-0.2, -0.15) is 0 Å². The molecule has 1 N–H and O–H groups in total. The summed E-state index contributed by atoms with van der Waals surface area (Å²) in [6.45, 7) is 7.14. The highest BCUT2D eigenvalue weighted by Crippen LogP contribution is 2.48. The van der Waals surface area contributed by atoms with Crippen molar-refractivity contribution in [1.82, 2.24) is 0 Å². The van der Waals surface area contributed by atoms with Gasteiger partial charge in [0.2, 0.25) is 0 Å². The topological polar surface area (TPSA) is 20.2 Å². The predicted octanol–water partition coefficient (Wildman–Crippen LogP) is 3.47. The van der Waals surface area contributed by atoms with E-state index in [0.29, 0.717) is 0 Å². The third kappa shape index (κ3) is 2.22. The molecule has 2 fully saturated rings. The van der Waals surface area contributed by atoms with E-state index in [1.54, 1.807) is 0 Å². The maximum Gasteiger partial charge on any atom is 0.0543 e. The lowest BCUT2D eigenvalue weighted by molar-refractivity contribution is -0.0191. The molecule has 0 aromatic carbocycles. The first kappa shape index (κ1) is 11.4. The average Bonchev–Trinajstić information content (AvgIpc) is 2.17. The fourth-order valence-electron chi connectivity index (χ4n) is 4.12. The van der Waals surface area contributed by atoms with Crippen molar-refractivity contribution < 1.29 is 5.11 Å². The Bertz CT molecular complexity index is 207. The largest absolute Gasteiger partial charge is 0.393 e. The van der Waals surface area contributed by atoms with Gasteiger partial charge in [-0.25, -0.2) is 0 Å². The maximum absolute atomic E-state index is 9.83. The van der Waals surface area contributed by atoms with Crippen LogP contribution in [0.3, 0.4) is 0 Å². The van der Waals surface area contributed by atoms with Crippen LogP contribution in [0.15, 0.2) is 0 Å². The third-order valence-electron chi connectivity index (χ3n) is 5.02. The van der Waals surface area contributed by atoms with E-state index in [9.17, 15) is 5.11 Å². The van der Waals surface area contributed by atoms with Crippen molar-refractivity contribution in [2.75, 3.05) is 0 Å². The zero-order valence-corrected chi connectivity index (χ0v) is 10.4. The molecule has 0 radical (unpaired) electrons. The number of aliphatic hydroxyl groups excluding tert-OH is 1. The van der Waals surface area contributed by atoms with E-state index in [1.165, 1.54) is 19.3 Å². The van der Waals surface area contributed by atoms with Gasteiger partial charge >= 0.3 is 0 Å². The smallest absolute Gasteiger partial charge is 0.0543 e. The number of aliphatic hydroxyl groups is 1. The molecule has 0 amide bonds. The van der Waals surface area contributed by atoms with E-state index < -0.39 is 0 Å². The molecule has 0 saturated heterocycles. The number of hydrogen-bond acceptors (Lipinski definition) is 1. The van der Waals surface area contributed by atoms with Crippen LogP contribution in [0, 0.1) is 29.6 Å². The van der Waals surface area contributed by atoms with Crippen molar-refractivity contribution in [2.24, 2.45) is 29.6 Å². The van der Waals surface area contributed by atoms with Crippen LogP contribution in [0.1, 0.15) is 52.9 Å². The van der Waals surface area contributed by atoms with Crippen LogP contribution in [-0.2, 0) is 0 Å². The molecule has 5 atom stereocenters. The van der Waals surface area contributed by atoms with Crippen molar-refractivity contribution in [2.45, 2.75) is 59.0 Å². The molecule has 2 aliphatic rings. The molecule has 2 saturated carbocycles. The lowest BCUT2D eigenvalue weighted by Crippen LogP contribution is -2.41. The second-order valence-electron chi connectivity index (χ2n) is 6.26. The van der Waals surface area contributed by atoms with E-state index in [0.717, 1.165) is 42.4 Å². The Morgan fingerprint density at radius 3 is 2.40 bits per heavy atom. The zero-order valence-electron chi connectivity index (χ0n) is 10.4. The molecular formula is C14H26O.